The molecule has 1 aliphatic rings. The van der Waals surface area contributed by atoms with Gasteiger partial charge in [-0.2, -0.15) is 0 Å². The van der Waals surface area contributed by atoms with Gasteiger partial charge in [0.25, 0.3) is 0 Å². The van der Waals surface area contributed by atoms with Gasteiger partial charge in [0, 0.05) is 19.3 Å². The van der Waals surface area contributed by atoms with Crippen molar-refractivity contribution in [2.24, 2.45) is 5.92 Å². The Kier molecular flexibility index (Phi) is 3.72. The highest BCUT2D eigenvalue weighted by atomic mass is 16.3. The molecule has 0 saturated carbocycles. The molecule has 0 aromatic heterocycles. The van der Waals surface area contributed by atoms with Crippen molar-refractivity contribution in [3.05, 3.63) is 29.3 Å². The molecule has 0 saturated heterocycles. The lowest BCUT2D eigenvalue weighted by atomic mass is 9.94. The summed E-state index contributed by atoms with van der Waals surface area (Å²) in [7, 11) is 2.14. The number of rotatable bonds is 3. The van der Waals surface area contributed by atoms with E-state index < -0.39 is 0 Å². The number of nitrogens with zero attached hydrogens (tertiary/aromatic N) is 1. The van der Waals surface area contributed by atoms with Gasteiger partial charge < -0.3 is 10.0 Å². The van der Waals surface area contributed by atoms with Crippen molar-refractivity contribution in [1.82, 2.24) is 0 Å². The van der Waals surface area contributed by atoms with Crippen LogP contribution in [0.15, 0.2) is 18.2 Å². The lowest BCUT2D eigenvalue weighted by molar-refractivity contribution is 0.151. The van der Waals surface area contributed by atoms with Gasteiger partial charge in [-0.1, -0.05) is 26.0 Å². The van der Waals surface area contributed by atoms with Crippen LogP contribution in [0.1, 0.15) is 43.9 Å². The number of anilines is 1. The van der Waals surface area contributed by atoms with Crippen molar-refractivity contribution in [3.63, 3.8) is 0 Å². The molecule has 1 aliphatic heterocycles. The minimum Gasteiger partial charge on any atom is -0.388 e. The maximum atomic E-state index is 10.1. The minimum absolute atomic E-state index is 0.312. The first-order valence-electron chi connectivity index (χ1n) is 6.60. The zero-order valence-electron chi connectivity index (χ0n) is 11.1. The molecule has 1 aromatic carbocycles. The first-order valence-corrected chi connectivity index (χ1v) is 6.60. The number of benzene rings is 1. The van der Waals surface area contributed by atoms with Crippen LogP contribution in [0.5, 0.6) is 0 Å². The first kappa shape index (κ1) is 12.4. The quantitative estimate of drug-likeness (QED) is 0.867. The fraction of sp³-hybridized carbons (Fsp3) is 0.600. The van der Waals surface area contributed by atoms with Crippen LogP contribution in [0.2, 0.25) is 0 Å². The molecule has 1 atom stereocenters. The number of aryl methyl sites for hydroxylation is 1. The number of fused-ring (bicyclic) bond motifs is 1. The molecule has 2 rings (SSSR count). The Hall–Kier alpha value is -1.02. The molecule has 94 valence electrons. The molecule has 2 nitrogen and oxygen atoms in total. The van der Waals surface area contributed by atoms with Gasteiger partial charge in [0.05, 0.1) is 6.10 Å². The number of aliphatic hydroxyl groups is 1. The summed E-state index contributed by atoms with van der Waals surface area (Å²) in [6, 6.07) is 6.43. The van der Waals surface area contributed by atoms with Gasteiger partial charge >= 0.3 is 0 Å². The lowest BCUT2D eigenvalue weighted by Gasteiger charge is -2.28. The molecule has 17 heavy (non-hydrogen) atoms. The number of hydrogen-bond donors (Lipinski definition) is 1. The molecular weight excluding hydrogens is 210 g/mol. The number of hydrogen-bond acceptors (Lipinski definition) is 2. The minimum atomic E-state index is -0.312. The van der Waals surface area contributed by atoms with Gasteiger partial charge in [-0.3, -0.25) is 0 Å². The second-order valence-corrected chi connectivity index (χ2v) is 5.56. The molecule has 1 aromatic rings. The molecule has 0 bridgehead atoms. The third kappa shape index (κ3) is 2.81. The fourth-order valence-electron chi connectivity index (χ4n) is 2.60. The molecule has 0 amide bonds. The maximum absolute atomic E-state index is 10.1. The predicted molar refractivity (Wildman–Crippen MR) is 72.4 cm³/mol. The van der Waals surface area contributed by atoms with Gasteiger partial charge in [-0.05, 0) is 42.4 Å². The standard InChI is InChI=1S/C15H23NO/c1-11(2)9-15(17)13-6-7-14-12(10-13)5-4-8-16(14)3/h6-7,10-11,15,17H,4-5,8-9H2,1-3H3. The normalized spacial score (nSPS) is 17.1. The summed E-state index contributed by atoms with van der Waals surface area (Å²) < 4.78 is 0. The van der Waals surface area contributed by atoms with E-state index >= 15 is 0 Å². The summed E-state index contributed by atoms with van der Waals surface area (Å²) in [4.78, 5) is 2.30. The second-order valence-electron chi connectivity index (χ2n) is 5.56. The van der Waals surface area contributed by atoms with E-state index in [1.54, 1.807) is 0 Å². The maximum Gasteiger partial charge on any atom is 0.0792 e. The zero-order valence-corrected chi connectivity index (χ0v) is 11.1. The Balaban J connectivity index is 2.21. The fourth-order valence-corrected chi connectivity index (χ4v) is 2.60. The highest BCUT2D eigenvalue weighted by molar-refractivity contribution is 5.56. The summed E-state index contributed by atoms with van der Waals surface area (Å²) in [5, 5.41) is 10.1. The van der Waals surface area contributed by atoms with Crippen molar-refractivity contribution in [2.45, 2.75) is 39.2 Å². The largest absolute Gasteiger partial charge is 0.388 e. The predicted octanol–water partition coefficient (Wildman–Crippen LogP) is 3.15. The van der Waals surface area contributed by atoms with E-state index in [2.05, 4.69) is 44.0 Å². The molecule has 0 radical (unpaired) electrons. The Morgan fingerprint density at radius 3 is 2.82 bits per heavy atom. The highest BCUT2D eigenvalue weighted by Crippen LogP contribution is 2.30. The first-order chi connectivity index (χ1) is 8.08. The van der Waals surface area contributed by atoms with Gasteiger partial charge in [-0.25, -0.2) is 0 Å². The second kappa shape index (κ2) is 5.09. The van der Waals surface area contributed by atoms with E-state index in [0.717, 1.165) is 24.9 Å². The Morgan fingerprint density at radius 1 is 1.35 bits per heavy atom. The van der Waals surface area contributed by atoms with Crippen LogP contribution in [0.25, 0.3) is 0 Å². The van der Waals surface area contributed by atoms with Crippen LogP contribution in [-0.2, 0) is 6.42 Å². The third-order valence-corrected chi connectivity index (χ3v) is 3.53. The van der Waals surface area contributed by atoms with E-state index in [4.69, 9.17) is 0 Å². The topological polar surface area (TPSA) is 23.5 Å². The Bertz CT molecular complexity index is 387. The number of aliphatic hydroxyl groups excluding tert-OH is 1. The third-order valence-electron chi connectivity index (χ3n) is 3.53. The van der Waals surface area contributed by atoms with Crippen molar-refractivity contribution in [1.29, 1.82) is 0 Å². The van der Waals surface area contributed by atoms with Gasteiger partial charge in [0.2, 0.25) is 0 Å². The monoisotopic (exact) mass is 233 g/mol. The van der Waals surface area contributed by atoms with Gasteiger partial charge in [-0.15, -0.1) is 0 Å². The Labute approximate surface area is 104 Å². The van der Waals surface area contributed by atoms with E-state index in [1.807, 2.05) is 0 Å². The molecule has 2 heteroatoms. The van der Waals surface area contributed by atoms with Gasteiger partial charge in [0.15, 0.2) is 0 Å². The molecule has 1 N–H and O–H groups in total. The molecule has 0 fully saturated rings. The van der Waals surface area contributed by atoms with Crippen LogP contribution in [0.4, 0.5) is 5.69 Å². The van der Waals surface area contributed by atoms with Crippen LogP contribution < -0.4 is 4.90 Å². The summed E-state index contributed by atoms with van der Waals surface area (Å²) in [5.74, 6) is 0.531. The van der Waals surface area contributed by atoms with Gasteiger partial charge in [0.1, 0.15) is 0 Å². The SMILES string of the molecule is CC(C)CC(O)c1ccc2c(c1)CCCN2C. The molecule has 0 spiro atoms. The van der Waals surface area contributed by atoms with Crippen LogP contribution in [-0.4, -0.2) is 18.7 Å². The van der Waals surface area contributed by atoms with Crippen molar-refractivity contribution >= 4 is 5.69 Å². The smallest absolute Gasteiger partial charge is 0.0792 e. The van der Waals surface area contributed by atoms with Crippen molar-refractivity contribution in [2.75, 3.05) is 18.5 Å². The average molecular weight is 233 g/mol. The van der Waals surface area contributed by atoms with E-state index in [9.17, 15) is 5.11 Å². The highest BCUT2D eigenvalue weighted by Gasteiger charge is 2.16. The van der Waals surface area contributed by atoms with E-state index in [-0.39, 0.29) is 6.10 Å². The van der Waals surface area contributed by atoms with Crippen molar-refractivity contribution in [3.8, 4) is 0 Å². The molecular formula is C15H23NO. The summed E-state index contributed by atoms with van der Waals surface area (Å²) in [5.41, 5.74) is 3.79. The van der Waals surface area contributed by atoms with E-state index in [1.165, 1.54) is 17.7 Å². The van der Waals surface area contributed by atoms with Crippen LogP contribution in [0.3, 0.4) is 0 Å². The summed E-state index contributed by atoms with van der Waals surface area (Å²) in [6.45, 7) is 5.44. The summed E-state index contributed by atoms with van der Waals surface area (Å²) >= 11 is 0. The molecule has 1 heterocycles. The Morgan fingerprint density at radius 2 is 2.12 bits per heavy atom. The summed E-state index contributed by atoms with van der Waals surface area (Å²) in [6.07, 6.45) is 2.89. The molecule has 0 aliphatic carbocycles. The molecule has 1 unspecified atom stereocenters. The van der Waals surface area contributed by atoms with Crippen LogP contribution >= 0.6 is 0 Å². The van der Waals surface area contributed by atoms with Crippen LogP contribution in [0, 0.1) is 5.92 Å². The van der Waals surface area contributed by atoms with E-state index in [0.29, 0.717) is 5.92 Å². The lowest BCUT2D eigenvalue weighted by Crippen LogP contribution is -2.24. The average Bonchev–Trinajstić information content (AvgIpc) is 2.28. The van der Waals surface area contributed by atoms with Crippen molar-refractivity contribution < 1.29 is 5.11 Å². The zero-order chi connectivity index (χ0) is 12.4.